The third-order valence-electron chi connectivity index (χ3n) is 5.04. The summed E-state index contributed by atoms with van der Waals surface area (Å²) < 4.78 is 7.75. The Morgan fingerprint density at radius 3 is 2.86 bits per heavy atom. The van der Waals surface area contributed by atoms with Crippen LogP contribution in [-0.4, -0.2) is 56.6 Å². The number of carbonyl (C=O) groups excluding carboxylic acids is 1. The zero-order valence-corrected chi connectivity index (χ0v) is 16.7. The monoisotopic (exact) mass is 396 g/mol. The number of hydrogen-bond donors (Lipinski definition) is 2. The molecule has 1 aliphatic heterocycles. The topological polar surface area (TPSA) is 105 Å². The molecule has 0 atom stereocenters. The van der Waals surface area contributed by atoms with E-state index in [0.717, 1.165) is 25.2 Å². The molecular weight excluding hydrogens is 372 g/mol. The maximum absolute atomic E-state index is 11.9. The molecule has 0 spiro atoms. The lowest BCUT2D eigenvalue weighted by molar-refractivity contribution is 0.0139. The molecule has 4 heterocycles. The van der Waals surface area contributed by atoms with Crippen LogP contribution in [0.1, 0.15) is 34.4 Å². The molecule has 3 aromatic heterocycles. The van der Waals surface area contributed by atoms with Crippen LogP contribution in [0.4, 0.5) is 0 Å². The van der Waals surface area contributed by atoms with Gasteiger partial charge in [0.15, 0.2) is 0 Å². The third-order valence-corrected chi connectivity index (χ3v) is 5.04. The Balaban J connectivity index is 1.35. The minimum atomic E-state index is -0.212. The van der Waals surface area contributed by atoms with Crippen molar-refractivity contribution >= 4 is 11.6 Å². The van der Waals surface area contributed by atoms with Crippen molar-refractivity contribution < 1.29 is 9.53 Å². The van der Waals surface area contributed by atoms with Crippen LogP contribution in [0.2, 0.25) is 0 Å². The second kappa shape index (κ2) is 7.67. The molecule has 0 unspecified atom stereocenters. The van der Waals surface area contributed by atoms with Gasteiger partial charge in [0.05, 0.1) is 5.69 Å². The van der Waals surface area contributed by atoms with E-state index in [1.165, 1.54) is 0 Å². The molecule has 9 nitrogen and oxygen atoms in total. The van der Waals surface area contributed by atoms with Crippen molar-refractivity contribution in [3.63, 3.8) is 0 Å². The average molecular weight is 396 g/mol. The van der Waals surface area contributed by atoms with Crippen molar-refractivity contribution in [2.24, 2.45) is 0 Å². The Labute approximate surface area is 167 Å². The summed E-state index contributed by atoms with van der Waals surface area (Å²) in [7, 11) is 1.58. The van der Waals surface area contributed by atoms with Crippen molar-refractivity contribution in [2.45, 2.75) is 32.9 Å². The van der Waals surface area contributed by atoms with E-state index in [1.807, 2.05) is 26.1 Å². The summed E-state index contributed by atoms with van der Waals surface area (Å²) in [5.41, 5.74) is 3.27. The first kappa shape index (κ1) is 19.1. The molecule has 3 aromatic rings. The zero-order chi connectivity index (χ0) is 20.5. The van der Waals surface area contributed by atoms with Gasteiger partial charge < -0.3 is 15.0 Å². The molecule has 1 aliphatic rings. The predicted octanol–water partition coefficient (Wildman–Crippen LogP) is 0.911. The van der Waals surface area contributed by atoms with Gasteiger partial charge in [-0.3, -0.25) is 14.5 Å². The van der Waals surface area contributed by atoms with E-state index in [0.29, 0.717) is 34.9 Å². The van der Waals surface area contributed by atoms with Gasteiger partial charge in [-0.05, 0) is 37.1 Å². The Morgan fingerprint density at radius 2 is 2.17 bits per heavy atom. The number of hydrogen-bond acceptors (Lipinski definition) is 6. The number of aryl methyl sites for hydroxylation is 2. The molecule has 1 amide bonds. The van der Waals surface area contributed by atoms with Crippen LogP contribution in [0.5, 0.6) is 5.75 Å². The normalized spacial score (nSPS) is 14.7. The van der Waals surface area contributed by atoms with Gasteiger partial charge in [-0.25, -0.2) is 9.50 Å². The maximum Gasteiger partial charge on any atom is 0.273 e. The van der Waals surface area contributed by atoms with Crippen LogP contribution < -0.4 is 15.6 Å². The van der Waals surface area contributed by atoms with Crippen LogP contribution in [0.3, 0.4) is 0 Å². The molecule has 0 bridgehead atoms. The van der Waals surface area contributed by atoms with E-state index < -0.39 is 0 Å². The van der Waals surface area contributed by atoms with Gasteiger partial charge >= 0.3 is 0 Å². The number of H-pyrrole nitrogens is 1. The summed E-state index contributed by atoms with van der Waals surface area (Å²) in [5, 5.41) is 6.93. The van der Waals surface area contributed by atoms with Crippen molar-refractivity contribution in [3.8, 4) is 5.75 Å². The first-order valence-electron chi connectivity index (χ1n) is 9.66. The zero-order valence-electron chi connectivity index (χ0n) is 16.7. The summed E-state index contributed by atoms with van der Waals surface area (Å²) in [4.78, 5) is 33.0. The molecule has 9 heteroatoms. The highest BCUT2D eigenvalue weighted by atomic mass is 16.5. The number of carbonyl (C=O) groups is 1. The number of nitrogens with zero attached hydrogens (tertiary/aromatic N) is 4. The Morgan fingerprint density at radius 1 is 1.38 bits per heavy atom. The van der Waals surface area contributed by atoms with Gasteiger partial charge in [0.2, 0.25) is 0 Å². The minimum Gasteiger partial charge on any atom is -0.486 e. The summed E-state index contributed by atoms with van der Waals surface area (Å²) in [6.07, 6.45) is 2.63. The first-order chi connectivity index (χ1) is 14.0. The SMILES string of the molecule is CCc1nn2cc(CN3CC(Oc4ccc(C(=O)NC)nc4C)C3)cc2[nH]c1=O. The number of nitrogens with one attached hydrogen (secondary N) is 2. The van der Waals surface area contributed by atoms with Crippen LogP contribution in [0.15, 0.2) is 29.2 Å². The number of aromatic amines is 1. The summed E-state index contributed by atoms with van der Waals surface area (Å²) in [6, 6.07) is 5.42. The highest BCUT2D eigenvalue weighted by Crippen LogP contribution is 2.23. The van der Waals surface area contributed by atoms with Crippen LogP contribution in [-0.2, 0) is 13.0 Å². The number of amides is 1. The average Bonchev–Trinajstić information content (AvgIpc) is 3.07. The molecule has 29 heavy (non-hydrogen) atoms. The fraction of sp³-hybridized carbons (Fsp3) is 0.400. The summed E-state index contributed by atoms with van der Waals surface area (Å²) in [6.45, 7) is 6.11. The van der Waals surface area contributed by atoms with Crippen LogP contribution in [0.25, 0.3) is 5.65 Å². The second-order valence-corrected chi connectivity index (χ2v) is 7.23. The van der Waals surface area contributed by atoms with Crippen LogP contribution in [0, 0.1) is 6.92 Å². The molecule has 0 radical (unpaired) electrons. The number of likely N-dealkylation sites (tertiary alicyclic amines) is 1. The van der Waals surface area contributed by atoms with E-state index in [-0.39, 0.29) is 17.6 Å². The maximum atomic E-state index is 11.9. The summed E-state index contributed by atoms with van der Waals surface area (Å²) in [5.74, 6) is 0.488. The van der Waals surface area contributed by atoms with Crippen LogP contribution >= 0.6 is 0 Å². The lowest BCUT2D eigenvalue weighted by atomic mass is 10.1. The van der Waals surface area contributed by atoms with Gasteiger partial charge in [0, 0.05) is 32.9 Å². The molecular formula is C20H24N6O3. The second-order valence-electron chi connectivity index (χ2n) is 7.23. The van der Waals surface area contributed by atoms with E-state index in [9.17, 15) is 9.59 Å². The molecule has 0 aliphatic carbocycles. The van der Waals surface area contributed by atoms with E-state index in [4.69, 9.17) is 4.74 Å². The quantitative estimate of drug-likeness (QED) is 0.642. The van der Waals surface area contributed by atoms with Crippen molar-refractivity contribution in [1.29, 1.82) is 0 Å². The lowest BCUT2D eigenvalue weighted by Crippen LogP contribution is -2.53. The molecule has 2 N–H and O–H groups in total. The molecule has 4 rings (SSSR count). The fourth-order valence-corrected chi connectivity index (χ4v) is 3.45. The number of rotatable bonds is 6. The minimum absolute atomic E-state index is 0.0861. The summed E-state index contributed by atoms with van der Waals surface area (Å²) >= 11 is 0. The molecule has 152 valence electrons. The van der Waals surface area contributed by atoms with Gasteiger partial charge in [-0.1, -0.05) is 6.92 Å². The standard InChI is InChI=1S/C20H24N6O3/c1-4-15-20(28)23-18-7-13(9-26(18)24-15)8-25-10-14(11-25)29-17-6-5-16(19(27)21-3)22-12(17)2/h5-7,9,14H,4,8,10-11H2,1-3H3,(H,21,27)(H,23,28). The Bertz CT molecular complexity index is 1110. The van der Waals surface area contributed by atoms with Crippen molar-refractivity contribution in [1.82, 2.24) is 29.8 Å². The van der Waals surface area contributed by atoms with Gasteiger partial charge in [0.1, 0.15) is 28.9 Å². The highest BCUT2D eigenvalue weighted by molar-refractivity contribution is 5.92. The fourth-order valence-electron chi connectivity index (χ4n) is 3.45. The molecule has 1 fully saturated rings. The number of ether oxygens (including phenoxy) is 1. The van der Waals surface area contributed by atoms with E-state index >= 15 is 0 Å². The first-order valence-corrected chi connectivity index (χ1v) is 9.66. The largest absolute Gasteiger partial charge is 0.486 e. The molecule has 0 aromatic carbocycles. The van der Waals surface area contributed by atoms with E-state index in [2.05, 4.69) is 25.3 Å². The highest BCUT2D eigenvalue weighted by Gasteiger charge is 2.29. The van der Waals surface area contributed by atoms with Gasteiger partial charge in [0.25, 0.3) is 11.5 Å². The van der Waals surface area contributed by atoms with E-state index in [1.54, 1.807) is 23.7 Å². The lowest BCUT2D eigenvalue weighted by Gasteiger charge is -2.39. The Hall–Kier alpha value is -3.20. The number of pyridine rings is 1. The Kier molecular flexibility index (Phi) is 5.06. The number of fused-ring (bicyclic) bond motifs is 1. The number of aromatic nitrogens is 4. The van der Waals surface area contributed by atoms with Crippen molar-refractivity contribution in [3.05, 3.63) is 57.4 Å². The molecule has 1 saturated heterocycles. The smallest absolute Gasteiger partial charge is 0.273 e. The van der Waals surface area contributed by atoms with Crippen molar-refractivity contribution in [2.75, 3.05) is 20.1 Å². The predicted molar refractivity (Wildman–Crippen MR) is 107 cm³/mol. The van der Waals surface area contributed by atoms with Gasteiger partial charge in [-0.15, -0.1) is 0 Å². The molecule has 0 saturated carbocycles. The third kappa shape index (κ3) is 3.86. The van der Waals surface area contributed by atoms with Gasteiger partial charge in [-0.2, -0.15) is 5.10 Å².